The summed E-state index contributed by atoms with van der Waals surface area (Å²) in [5.74, 6) is 0.534. The van der Waals surface area contributed by atoms with Gasteiger partial charge in [-0.1, -0.05) is 29.8 Å². The average Bonchev–Trinajstić information content (AvgIpc) is 2.91. The SMILES string of the molecule is CC(C)(O)c1ccc([C@](C)(O)CN2CCN(c3ccc(OCCO)cc3C#N)[C@H](c3ccc(Cl)cc3)C2)cn1. The Labute approximate surface area is 234 Å². The van der Waals surface area contributed by atoms with Crippen LogP contribution in [0.25, 0.3) is 0 Å². The second kappa shape index (κ2) is 11.9. The smallest absolute Gasteiger partial charge is 0.120 e. The zero-order valence-electron chi connectivity index (χ0n) is 22.5. The first-order valence-electron chi connectivity index (χ1n) is 13.0. The van der Waals surface area contributed by atoms with Crippen molar-refractivity contribution in [3.63, 3.8) is 0 Å². The van der Waals surface area contributed by atoms with Crippen molar-refractivity contribution in [2.75, 3.05) is 44.3 Å². The van der Waals surface area contributed by atoms with Crippen molar-refractivity contribution in [2.24, 2.45) is 0 Å². The lowest BCUT2D eigenvalue weighted by atomic mass is 9.93. The van der Waals surface area contributed by atoms with Gasteiger partial charge in [-0.3, -0.25) is 9.88 Å². The summed E-state index contributed by atoms with van der Waals surface area (Å²) in [5.41, 5.74) is 1.32. The lowest BCUT2D eigenvalue weighted by molar-refractivity contribution is 0.00970. The number of hydrogen-bond acceptors (Lipinski definition) is 8. The molecule has 1 aliphatic heterocycles. The van der Waals surface area contributed by atoms with Gasteiger partial charge in [0, 0.05) is 43.0 Å². The Morgan fingerprint density at radius 3 is 2.44 bits per heavy atom. The van der Waals surface area contributed by atoms with E-state index >= 15 is 0 Å². The maximum atomic E-state index is 11.4. The molecule has 1 aliphatic rings. The van der Waals surface area contributed by atoms with Gasteiger partial charge in [-0.2, -0.15) is 5.26 Å². The van der Waals surface area contributed by atoms with Crippen LogP contribution in [0.1, 0.15) is 49.2 Å². The van der Waals surface area contributed by atoms with E-state index in [1.165, 1.54) is 0 Å². The number of rotatable bonds is 9. The molecule has 1 aromatic heterocycles. The number of halogens is 1. The second-order valence-electron chi connectivity index (χ2n) is 10.6. The van der Waals surface area contributed by atoms with Gasteiger partial charge < -0.3 is 25.0 Å². The predicted molar refractivity (Wildman–Crippen MR) is 151 cm³/mol. The van der Waals surface area contributed by atoms with E-state index in [4.69, 9.17) is 21.4 Å². The van der Waals surface area contributed by atoms with Crippen molar-refractivity contribution < 1.29 is 20.1 Å². The van der Waals surface area contributed by atoms with Crippen molar-refractivity contribution >= 4 is 17.3 Å². The fraction of sp³-hybridized carbons (Fsp3) is 0.400. The third-order valence-corrected chi connectivity index (χ3v) is 7.27. The number of nitriles is 1. The van der Waals surface area contributed by atoms with Crippen LogP contribution < -0.4 is 9.64 Å². The van der Waals surface area contributed by atoms with Crippen LogP contribution in [0.5, 0.6) is 5.75 Å². The fourth-order valence-corrected chi connectivity index (χ4v) is 5.08. The van der Waals surface area contributed by atoms with Crippen LogP contribution in [0.3, 0.4) is 0 Å². The van der Waals surface area contributed by atoms with Gasteiger partial charge in [0.2, 0.25) is 0 Å². The Hall–Kier alpha value is -3.19. The maximum absolute atomic E-state index is 11.4. The summed E-state index contributed by atoms with van der Waals surface area (Å²) >= 11 is 6.18. The summed E-state index contributed by atoms with van der Waals surface area (Å²) in [5, 5.41) is 41.3. The van der Waals surface area contributed by atoms with Crippen LogP contribution in [-0.2, 0) is 11.2 Å². The van der Waals surface area contributed by atoms with Gasteiger partial charge in [0.25, 0.3) is 0 Å². The molecule has 39 heavy (non-hydrogen) atoms. The lowest BCUT2D eigenvalue weighted by Crippen LogP contribution is -2.52. The number of β-amino-alcohol motifs (C(OH)–C–C–N with tert-alkyl or cyclic N) is 1. The number of anilines is 1. The van der Waals surface area contributed by atoms with E-state index in [1.54, 1.807) is 39.1 Å². The minimum atomic E-state index is -1.17. The standard InChI is InChI=1S/C30H35ClN4O4/c1-29(2,37)28-11-6-23(18-33-28)30(3,38)20-34-12-13-35(27(19-34)21-4-7-24(31)8-5-21)26-10-9-25(39-15-14-36)16-22(26)17-32/h4-11,16,18,27,36-38H,12-15,19-20H2,1-3H3/t27-,30+/m0/s1. The molecule has 1 saturated heterocycles. The third-order valence-electron chi connectivity index (χ3n) is 7.02. The molecule has 3 N–H and O–H groups in total. The second-order valence-corrected chi connectivity index (χ2v) is 11.1. The molecule has 0 unspecified atom stereocenters. The minimum Gasteiger partial charge on any atom is -0.491 e. The molecule has 0 aliphatic carbocycles. The molecule has 206 valence electrons. The van der Waals surface area contributed by atoms with Gasteiger partial charge in [0.1, 0.15) is 29.6 Å². The van der Waals surface area contributed by atoms with Crippen LogP contribution in [0.15, 0.2) is 60.8 Å². The Morgan fingerprint density at radius 2 is 1.82 bits per heavy atom. The number of ether oxygens (including phenoxy) is 1. The summed E-state index contributed by atoms with van der Waals surface area (Å²) in [7, 11) is 0. The van der Waals surface area contributed by atoms with Crippen molar-refractivity contribution in [1.29, 1.82) is 5.26 Å². The van der Waals surface area contributed by atoms with E-state index in [1.807, 2.05) is 42.5 Å². The molecule has 3 aromatic rings. The third kappa shape index (κ3) is 6.88. The number of hydrogen-bond donors (Lipinski definition) is 3. The van der Waals surface area contributed by atoms with Crippen LogP contribution >= 0.6 is 11.6 Å². The Morgan fingerprint density at radius 1 is 1.08 bits per heavy atom. The summed E-state index contributed by atoms with van der Waals surface area (Å²) in [4.78, 5) is 8.80. The number of piperazine rings is 1. The lowest BCUT2D eigenvalue weighted by Gasteiger charge is -2.45. The van der Waals surface area contributed by atoms with E-state index in [2.05, 4.69) is 20.9 Å². The zero-order valence-corrected chi connectivity index (χ0v) is 23.3. The summed E-state index contributed by atoms with van der Waals surface area (Å²) in [6.45, 7) is 7.48. The van der Waals surface area contributed by atoms with Crippen molar-refractivity contribution in [2.45, 2.75) is 38.0 Å². The van der Waals surface area contributed by atoms with E-state index < -0.39 is 11.2 Å². The Kier molecular flexibility index (Phi) is 8.80. The molecule has 0 bridgehead atoms. The van der Waals surface area contributed by atoms with E-state index in [0.29, 0.717) is 53.8 Å². The highest BCUT2D eigenvalue weighted by atomic mass is 35.5. The first-order valence-corrected chi connectivity index (χ1v) is 13.3. The van der Waals surface area contributed by atoms with Gasteiger partial charge in [0.15, 0.2) is 0 Å². The Bertz CT molecular complexity index is 1300. The molecule has 9 heteroatoms. The van der Waals surface area contributed by atoms with Gasteiger partial charge in [-0.15, -0.1) is 0 Å². The van der Waals surface area contributed by atoms with Crippen molar-refractivity contribution in [3.8, 4) is 11.8 Å². The molecule has 2 atom stereocenters. The monoisotopic (exact) mass is 550 g/mol. The molecule has 2 heterocycles. The number of benzene rings is 2. The molecule has 4 rings (SSSR count). The van der Waals surface area contributed by atoms with Gasteiger partial charge in [-0.25, -0.2) is 0 Å². The van der Waals surface area contributed by atoms with Gasteiger partial charge in [0.05, 0.1) is 29.6 Å². The zero-order chi connectivity index (χ0) is 28.2. The highest BCUT2D eigenvalue weighted by Gasteiger charge is 2.34. The Balaban J connectivity index is 1.60. The van der Waals surface area contributed by atoms with Crippen LogP contribution in [0, 0.1) is 11.3 Å². The van der Waals surface area contributed by atoms with E-state index in [-0.39, 0.29) is 19.3 Å². The normalized spacial score (nSPS) is 17.9. The van der Waals surface area contributed by atoms with Crippen molar-refractivity contribution in [1.82, 2.24) is 9.88 Å². The fourth-order valence-electron chi connectivity index (χ4n) is 4.95. The molecule has 1 fully saturated rings. The quantitative estimate of drug-likeness (QED) is 0.367. The van der Waals surface area contributed by atoms with Gasteiger partial charge >= 0.3 is 0 Å². The molecule has 2 aromatic carbocycles. The molecular formula is C30H35ClN4O4. The summed E-state index contributed by atoms with van der Waals surface area (Å²) in [6.07, 6.45) is 1.62. The topological polar surface area (TPSA) is 113 Å². The molecule has 0 spiro atoms. The number of pyridine rings is 1. The maximum Gasteiger partial charge on any atom is 0.120 e. The van der Waals surface area contributed by atoms with Crippen LogP contribution in [0.2, 0.25) is 5.02 Å². The molecular weight excluding hydrogens is 516 g/mol. The van der Waals surface area contributed by atoms with E-state index in [9.17, 15) is 15.5 Å². The van der Waals surface area contributed by atoms with Crippen LogP contribution in [0.4, 0.5) is 5.69 Å². The molecule has 0 saturated carbocycles. The number of aliphatic hydroxyl groups is 3. The molecule has 0 amide bonds. The van der Waals surface area contributed by atoms with Crippen molar-refractivity contribution in [3.05, 3.63) is 88.2 Å². The van der Waals surface area contributed by atoms with E-state index in [0.717, 1.165) is 11.3 Å². The van der Waals surface area contributed by atoms with Gasteiger partial charge in [-0.05, 0) is 62.7 Å². The largest absolute Gasteiger partial charge is 0.491 e. The van der Waals surface area contributed by atoms with Crippen LogP contribution in [-0.4, -0.2) is 64.6 Å². The molecule has 8 nitrogen and oxygen atoms in total. The minimum absolute atomic E-state index is 0.0983. The summed E-state index contributed by atoms with van der Waals surface area (Å²) in [6, 6.07) is 18.8. The number of nitrogens with zero attached hydrogens (tertiary/aromatic N) is 4. The number of aliphatic hydroxyl groups excluding tert-OH is 1. The predicted octanol–water partition coefficient (Wildman–Crippen LogP) is 3.98. The number of aromatic nitrogens is 1. The first-order chi connectivity index (χ1) is 18.5. The molecule has 0 radical (unpaired) electrons. The highest BCUT2D eigenvalue weighted by Crippen LogP contribution is 2.36. The average molecular weight is 551 g/mol. The highest BCUT2D eigenvalue weighted by molar-refractivity contribution is 6.30. The first kappa shape index (κ1) is 28.8. The summed E-state index contributed by atoms with van der Waals surface area (Å²) < 4.78 is 5.52.